The molecule has 0 unspecified atom stereocenters. The number of carbonyl (C=O) groups is 2. The molecule has 1 amide bonds. The summed E-state index contributed by atoms with van der Waals surface area (Å²) in [5, 5.41) is 14.7. The lowest BCUT2D eigenvalue weighted by atomic mass is 9.97. The van der Waals surface area contributed by atoms with Crippen LogP contribution in [0.15, 0.2) is 29.6 Å². The van der Waals surface area contributed by atoms with Gasteiger partial charge in [-0.25, -0.2) is 9.78 Å². The number of aryl methyl sites for hydroxylation is 1. The molecule has 0 atom stereocenters. The fourth-order valence-electron chi connectivity index (χ4n) is 3.12. The van der Waals surface area contributed by atoms with Crippen LogP contribution in [0.25, 0.3) is 0 Å². The first-order chi connectivity index (χ1) is 12.5. The van der Waals surface area contributed by atoms with Crippen LogP contribution in [-0.4, -0.2) is 27.5 Å². The molecular formula is C19H22N2O4S. The van der Waals surface area contributed by atoms with Crippen molar-refractivity contribution in [1.29, 1.82) is 0 Å². The second-order valence-electron chi connectivity index (χ2n) is 6.65. The van der Waals surface area contributed by atoms with Gasteiger partial charge in [0, 0.05) is 5.38 Å². The van der Waals surface area contributed by atoms with Crippen LogP contribution < -0.4 is 10.1 Å². The summed E-state index contributed by atoms with van der Waals surface area (Å²) >= 11 is 1.43. The number of hydrogen-bond donors (Lipinski definition) is 2. The molecule has 1 aliphatic rings. The van der Waals surface area contributed by atoms with E-state index < -0.39 is 11.5 Å². The highest BCUT2D eigenvalue weighted by molar-refractivity contribution is 7.09. The van der Waals surface area contributed by atoms with Gasteiger partial charge in [0.05, 0.1) is 12.1 Å². The van der Waals surface area contributed by atoms with E-state index >= 15 is 0 Å². The van der Waals surface area contributed by atoms with E-state index in [0.717, 1.165) is 23.6 Å². The maximum Gasteiger partial charge on any atom is 0.329 e. The minimum Gasteiger partial charge on any atom is -0.486 e. The first-order valence-electron chi connectivity index (χ1n) is 8.64. The van der Waals surface area contributed by atoms with E-state index in [-0.39, 0.29) is 12.3 Å². The zero-order chi connectivity index (χ0) is 18.6. The number of nitrogens with one attached hydrogen (secondary N) is 1. The summed E-state index contributed by atoms with van der Waals surface area (Å²) in [6, 6.07) is 7.77. The van der Waals surface area contributed by atoms with E-state index in [1.165, 1.54) is 16.9 Å². The minimum atomic E-state index is -1.11. The number of ether oxygens (including phenoxy) is 1. The molecule has 0 aliphatic heterocycles. The molecule has 138 valence electrons. The van der Waals surface area contributed by atoms with Crippen LogP contribution in [0.3, 0.4) is 0 Å². The predicted molar refractivity (Wildman–Crippen MR) is 98.3 cm³/mol. The molecule has 1 aliphatic carbocycles. The Kier molecular flexibility index (Phi) is 5.56. The van der Waals surface area contributed by atoms with Crippen molar-refractivity contribution in [2.75, 3.05) is 0 Å². The molecule has 1 heterocycles. The molecule has 0 radical (unpaired) electrons. The number of rotatable bonds is 7. The van der Waals surface area contributed by atoms with E-state index in [1.807, 2.05) is 36.6 Å². The molecule has 1 fully saturated rings. The third-order valence-electron chi connectivity index (χ3n) is 4.57. The van der Waals surface area contributed by atoms with Crippen molar-refractivity contribution in [2.45, 2.75) is 51.2 Å². The van der Waals surface area contributed by atoms with Crippen molar-refractivity contribution in [3.05, 3.63) is 45.9 Å². The Balaban J connectivity index is 1.53. The molecule has 1 saturated carbocycles. The van der Waals surface area contributed by atoms with Gasteiger partial charge in [0.1, 0.15) is 22.9 Å². The Labute approximate surface area is 156 Å². The van der Waals surface area contributed by atoms with Crippen LogP contribution in [0.4, 0.5) is 0 Å². The summed E-state index contributed by atoms with van der Waals surface area (Å²) in [6.07, 6.45) is 2.70. The quantitative estimate of drug-likeness (QED) is 0.777. The Hall–Kier alpha value is -2.41. The fourth-order valence-corrected chi connectivity index (χ4v) is 3.83. The summed E-state index contributed by atoms with van der Waals surface area (Å²) in [5.41, 5.74) is 0.694. The van der Waals surface area contributed by atoms with Gasteiger partial charge < -0.3 is 15.2 Å². The average molecular weight is 374 g/mol. The van der Waals surface area contributed by atoms with E-state index in [2.05, 4.69) is 10.3 Å². The number of benzene rings is 1. The zero-order valence-corrected chi connectivity index (χ0v) is 15.5. The number of aliphatic carboxylic acids is 1. The molecule has 0 spiro atoms. The molecule has 1 aromatic heterocycles. The smallest absolute Gasteiger partial charge is 0.329 e. The molecule has 1 aromatic carbocycles. The Bertz CT molecular complexity index is 779. The largest absolute Gasteiger partial charge is 0.486 e. The highest BCUT2D eigenvalue weighted by Crippen LogP contribution is 2.30. The maximum atomic E-state index is 12.3. The molecule has 2 aromatic rings. The van der Waals surface area contributed by atoms with Gasteiger partial charge in [-0.3, -0.25) is 4.79 Å². The van der Waals surface area contributed by atoms with Gasteiger partial charge in [-0.05, 0) is 31.9 Å². The summed E-state index contributed by atoms with van der Waals surface area (Å²) in [6.45, 7) is 2.36. The van der Waals surface area contributed by atoms with Gasteiger partial charge in [-0.1, -0.05) is 30.5 Å². The third kappa shape index (κ3) is 4.40. The molecule has 2 N–H and O–H groups in total. The molecular weight excluding hydrogens is 352 g/mol. The normalized spacial score (nSPS) is 15.6. The number of aromatic nitrogens is 1. The molecule has 3 rings (SSSR count). The van der Waals surface area contributed by atoms with Gasteiger partial charge in [0.2, 0.25) is 5.91 Å². The zero-order valence-electron chi connectivity index (χ0n) is 14.7. The Morgan fingerprint density at radius 2 is 1.96 bits per heavy atom. The van der Waals surface area contributed by atoms with Crippen molar-refractivity contribution < 1.29 is 19.4 Å². The highest BCUT2D eigenvalue weighted by Gasteiger charge is 2.42. The summed E-state index contributed by atoms with van der Waals surface area (Å²) in [7, 11) is 0. The van der Waals surface area contributed by atoms with Crippen molar-refractivity contribution in [1.82, 2.24) is 10.3 Å². The highest BCUT2D eigenvalue weighted by atomic mass is 32.1. The van der Waals surface area contributed by atoms with Crippen molar-refractivity contribution in [3.63, 3.8) is 0 Å². The minimum absolute atomic E-state index is 0.0794. The van der Waals surface area contributed by atoms with Gasteiger partial charge >= 0.3 is 5.97 Å². The lowest BCUT2D eigenvalue weighted by molar-refractivity contribution is -0.147. The van der Waals surface area contributed by atoms with Crippen LogP contribution in [0.5, 0.6) is 5.75 Å². The van der Waals surface area contributed by atoms with E-state index in [0.29, 0.717) is 25.1 Å². The standard InChI is InChI=1S/C19H22N2O4S/c1-13-4-6-15(7-5-13)25-11-17-20-14(12-26-17)10-16(22)21-19(18(23)24)8-2-3-9-19/h4-7,12H,2-3,8-11H2,1H3,(H,21,22)(H,23,24). The Morgan fingerprint density at radius 3 is 2.62 bits per heavy atom. The summed E-state index contributed by atoms with van der Waals surface area (Å²) in [4.78, 5) is 28.2. The lowest BCUT2D eigenvalue weighted by Crippen LogP contribution is -2.52. The molecule has 0 bridgehead atoms. The molecule has 7 heteroatoms. The summed E-state index contributed by atoms with van der Waals surface area (Å²) < 4.78 is 5.69. The van der Waals surface area contributed by atoms with E-state index in [9.17, 15) is 14.7 Å². The van der Waals surface area contributed by atoms with E-state index in [4.69, 9.17) is 4.74 Å². The Morgan fingerprint density at radius 1 is 1.27 bits per heavy atom. The number of hydrogen-bond acceptors (Lipinski definition) is 5. The second kappa shape index (κ2) is 7.86. The number of carboxylic acid groups (broad SMARTS) is 1. The topological polar surface area (TPSA) is 88.5 Å². The number of nitrogens with zero attached hydrogens (tertiary/aromatic N) is 1. The SMILES string of the molecule is Cc1ccc(OCc2nc(CC(=O)NC3(C(=O)O)CCCC3)cs2)cc1. The van der Waals surface area contributed by atoms with Crippen molar-refractivity contribution >= 4 is 23.2 Å². The van der Waals surface area contributed by atoms with Gasteiger partial charge in [0.15, 0.2) is 0 Å². The van der Waals surface area contributed by atoms with Gasteiger partial charge in [-0.2, -0.15) is 0 Å². The monoisotopic (exact) mass is 374 g/mol. The number of carbonyl (C=O) groups excluding carboxylic acids is 1. The van der Waals surface area contributed by atoms with Crippen LogP contribution in [-0.2, 0) is 22.6 Å². The molecule has 0 saturated heterocycles. The van der Waals surface area contributed by atoms with Crippen molar-refractivity contribution in [3.8, 4) is 5.75 Å². The molecule has 6 nitrogen and oxygen atoms in total. The first kappa shape index (κ1) is 18.4. The number of carboxylic acids is 1. The first-order valence-corrected chi connectivity index (χ1v) is 9.52. The maximum absolute atomic E-state index is 12.3. The van der Waals surface area contributed by atoms with E-state index in [1.54, 1.807) is 0 Å². The van der Waals surface area contributed by atoms with Crippen LogP contribution in [0, 0.1) is 6.92 Å². The van der Waals surface area contributed by atoms with Crippen LogP contribution in [0.2, 0.25) is 0 Å². The average Bonchev–Trinajstić information content (AvgIpc) is 3.25. The summed E-state index contributed by atoms with van der Waals surface area (Å²) in [5.74, 6) is -0.478. The fraction of sp³-hybridized carbons (Fsp3) is 0.421. The van der Waals surface area contributed by atoms with Gasteiger partial charge in [0.25, 0.3) is 0 Å². The van der Waals surface area contributed by atoms with Crippen molar-refractivity contribution in [2.24, 2.45) is 0 Å². The number of amides is 1. The lowest BCUT2D eigenvalue weighted by Gasteiger charge is -2.25. The predicted octanol–water partition coefficient (Wildman–Crippen LogP) is 3.09. The van der Waals surface area contributed by atoms with Crippen LogP contribution >= 0.6 is 11.3 Å². The third-order valence-corrected chi connectivity index (χ3v) is 5.44. The second-order valence-corrected chi connectivity index (χ2v) is 7.60. The number of thiazole rings is 1. The molecule has 26 heavy (non-hydrogen) atoms. The van der Waals surface area contributed by atoms with Crippen LogP contribution in [0.1, 0.15) is 41.9 Å². The van der Waals surface area contributed by atoms with Gasteiger partial charge in [-0.15, -0.1) is 11.3 Å².